The summed E-state index contributed by atoms with van der Waals surface area (Å²) in [6.07, 6.45) is 0.522. The predicted octanol–water partition coefficient (Wildman–Crippen LogP) is 4.42. The van der Waals surface area contributed by atoms with Crippen LogP contribution in [-0.4, -0.2) is 37.1 Å². The number of aromatic nitrogens is 2. The molecule has 0 aliphatic rings. The molecule has 0 spiro atoms. The molecule has 0 radical (unpaired) electrons. The van der Waals surface area contributed by atoms with Crippen LogP contribution in [0.25, 0.3) is 0 Å². The summed E-state index contributed by atoms with van der Waals surface area (Å²) in [5.41, 5.74) is 2.68. The van der Waals surface area contributed by atoms with E-state index in [0.717, 1.165) is 16.9 Å². The predicted molar refractivity (Wildman–Crippen MR) is 124 cm³/mol. The molecule has 7 nitrogen and oxygen atoms in total. The number of halogens is 2. The second-order valence-electron chi connectivity index (χ2n) is 6.89. The Morgan fingerprint density at radius 3 is 2.48 bits per heavy atom. The van der Waals surface area contributed by atoms with Gasteiger partial charge in [-0.25, -0.2) is 12.7 Å². The Bertz CT molecular complexity index is 1150. The summed E-state index contributed by atoms with van der Waals surface area (Å²) in [6, 6.07) is 10.9. The maximum atomic E-state index is 13.1. The first-order valence-electron chi connectivity index (χ1n) is 9.33. The lowest BCUT2D eigenvalue weighted by Crippen LogP contribution is -2.37. The molecule has 0 saturated heterocycles. The van der Waals surface area contributed by atoms with Crippen molar-refractivity contribution >= 4 is 55.6 Å². The normalized spacial score (nSPS) is 11.5. The minimum atomic E-state index is -3.77. The van der Waals surface area contributed by atoms with Crippen LogP contribution in [-0.2, 0) is 16.4 Å². The van der Waals surface area contributed by atoms with E-state index in [1.807, 2.05) is 0 Å². The van der Waals surface area contributed by atoms with E-state index >= 15 is 0 Å². The number of amides is 1. The minimum absolute atomic E-state index is 0.162. The van der Waals surface area contributed by atoms with Crippen LogP contribution in [0, 0.1) is 0 Å². The van der Waals surface area contributed by atoms with Crippen LogP contribution in [0.5, 0.6) is 0 Å². The molecule has 1 N–H and O–H groups in total. The van der Waals surface area contributed by atoms with Crippen molar-refractivity contribution in [2.75, 3.05) is 10.8 Å². The first kappa shape index (κ1) is 23.5. The second-order valence-corrected chi connectivity index (χ2v) is 10.4. The molecule has 1 aromatic heterocycles. The van der Waals surface area contributed by atoms with Gasteiger partial charge >= 0.3 is 0 Å². The molecule has 0 aliphatic heterocycles. The van der Waals surface area contributed by atoms with E-state index in [-0.39, 0.29) is 16.8 Å². The number of carbonyl (C=O) groups excluding carboxylic acids is 1. The van der Waals surface area contributed by atoms with Crippen molar-refractivity contribution in [2.45, 2.75) is 31.2 Å². The highest BCUT2D eigenvalue weighted by Crippen LogP contribution is 2.27. The zero-order chi connectivity index (χ0) is 22.6. The summed E-state index contributed by atoms with van der Waals surface area (Å²) < 4.78 is 27.4. The maximum absolute atomic E-state index is 13.1. The number of anilines is 1. The van der Waals surface area contributed by atoms with Crippen molar-refractivity contribution in [3.63, 3.8) is 0 Å². The molecule has 0 fully saturated rings. The topological polar surface area (TPSA) is 92.3 Å². The van der Waals surface area contributed by atoms with E-state index in [1.165, 1.54) is 15.9 Å². The van der Waals surface area contributed by atoms with Gasteiger partial charge in [0.05, 0.1) is 15.5 Å². The van der Waals surface area contributed by atoms with E-state index in [0.29, 0.717) is 33.7 Å². The molecule has 31 heavy (non-hydrogen) atoms. The van der Waals surface area contributed by atoms with Crippen molar-refractivity contribution in [3.05, 3.63) is 69.1 Å². The lowest BCUT2D eigenvalue weighted by Gasteiger charge is -2.25. The van der Waals surface area contributed by atoms with Gasteiger partial charge in [-0.15, -0.1) is 10.2 Å². The van der Waals surface area contributed by atoms with Gasteiger partial charge in [0.15, 0.2) is 0 Å². The van der Waals surface area contributed by atoms with Crippen LogP contribution < -0.4 is 9.62 Å². The van der Waals surface area contributed by atoms with Gasteiger partial charge in [-0.1, -0.05) is 46.7 Å². The van der Waals surface area contributed by atoms with Crippen LogP contribution >= 0.6 is 34.5 Å². The van der Waals surface area contributed by atoms with Gasteiger partial charge in [0.1, 0.15) is 5.51 Å². The third-order valence-electron chi connectivity index (χ3n) is 4.36. The van der Waals surface area contributed by atoms with Gasteiger partial charge in [-0.3, -0.25) is 4.79 Å². The van der Waals surface area contributed by atoms with Crippen molar-refractivity contribution in [2.24, 2.45) is 0 Å². The van der Waals surface area contributed by atoms with Crippen LogP contribution in [0.2, 0.25) is 10.0 Å². The average Bonchev–Trinajstić information content (AvgIpc) is 3.23. The van der Waals surface area contributed by atoms with Gasteiger partial charge in [0, 0.05) is 17.6 Å². The molecule has 11 heteroatoms. The third kappa shape index (κ3) is 5.54. The second kappa shape index (κ2) is 9.95. The molecule has 3 rings (SSSR count). The minimum Gasteiger partial charge on any atom is -0.352 e. The summed E-state index contributed by atoms with van der Waals surface area (Å²) in [4.78, 5) is 12.5. The first-order valence-corrected chi connectivity index (χ1v) is 12.4. The molecule has 164 valence electrons. The van der Waals surface area contributed by atoms with Gasteiger partial charge in [-0.2, -0.15) is 0 Å². The molecular formula is C20H20Cl2N4O3S2. The molecule has 1 amide bonds. The molecule has 0 saturated carbocycles. The number of hydrogen-bond acceptors (Lipinski definition) is 6. The highest BCUT2D eigenvalue weighted by molar-refractivity contribution is 7.93. The standard InChI is InChI=1S/C20H20Cl2N4O3S2/c1-13(2)26(20-25-24-12-30-20)31(28,29)16-6-3-14(4-7-16)9-10-23-19(27)17-11-15(21)5-8-18(17)22/h3-8,11-13H,9-10H2,1-2H3,(H,23,27). The zero-order valence-corrected chi connectivity index (χ0v) is 19.9. The Morgan fingerprint density at radius 2 is 1.87 bits per heavy atom. The molecule has 0 unspecified atom stereocenters. The highest BCUT2D eigenvalue weighted by Gasteiger charge is 2.29. The van der Waals surface area contributed by atoms with Gasteiger partial charge < -0.3 is 5.32 Å². The van der Waals surface area contributed by atoms with Crippen LogP contribution in [0.15, 0.2) is 52.9 Å². The van der Waals surface area contributed by atoms with Crippen molar-refractivity contribution in [3.8, 4) is 0 Å². The van der Waals surface area contributed by atoms with Crippen LogP contribution in [0.3, 0.4) is 0 Å². The Labute approximate surface area is 195 Å². The summed E-state index contributed by atoms with van der Waals surface area (Å²) in [5.74, 6) is -0.323. The molecule has 0 atom stereocenters. The quantitative estimate of drug-likeness (QED) is 0.496. The lowest BCUT2D eigenvalue weighted by molar-refractivity contribution is 0.0954. The van der Waals surface area contributed by atoms with Crippen LogP contribution in [0.1, 0.15) is 29.8 Å². The SMILES string of the molecule is CC(C)N(c1nncs1)S(=O)(=O)c1ccc(CCNC(=O)c2cc(Cl)ccc2Cl)cc1. The average molecular weight is 499 g/mol. The number of nitrogens with zero attached hydrogens (tertiary/aromatic N) is 3. The fourth-order valence-corrected chi connectivity index (χ4v) is 5.79. The smallest absolute Gasteiger partial charge is 0.266 e. The Balaban J connectivity index is 1.66. The summed E-state index contributed by atoms with van der Waals surface area (Å²) in [6.45, 7) is 3.92. The number of rotatable bonds is 8. The van der Waals surface area contributed by atoms with Gasteiger partial charge in [-0.05, 0) is 56.2 Å². The molecular weight excluding hydrogens is 479 g/mol. The number of hydrogen-bond donors (Lipinski definition) is 1. The fraction of sp³-hybridized carbons (Fsp3) is 0.250. The van der Waals surface area contributed by atoms with Crippen molar-refractivity contribution in [1.82, 2.24) is 15.5 Å². The summed E-state index contributed by atoms with van der Waals surface area (Å²) >= 11 is 13.1. The van der Waals surface area contributed by atoms with Crippen molar-refractivity contribution in [1.29, 1.82) is 0 Å². The molecule has 2 aromatic carbocycles. The fourth-order valence-electron chi connectivity index (χ4n) is 2.89. The maximum Gasteiger partial charge on any atom is 0.266 e. The van der Waals surface area contributed by atoms with Crippen LogP contribution in [0.4, 0.5) is 5.13 Å². The molecule has 1 heterocycles. The number of carbonyl (C=O) groups is 1. The zero-order valence-electron chi connectivity index (χ0n) is 16.7. The number of sulfonamides is 1. The van der Waals surface area contributed by atoms with Crippen molar-refractivity contribution < 1.29 is 13.2 Å². The van der Waals surface area contributed by atoms with E-state index in [2.05, 4.69) is 15.5 Å². The monoisotopic (exact) mass is 498 g/mol. The van der Waals surface area contributed by atoms with E-state index in [4.69, 9.17) is 23.2 Å². The first-order chi connectivity index (χ1) is 14.7. The Hall–Kier alpha value is -2.20. The Kier molecular flexibility index (Phi) is 7.53. The summed E-state index contributed by atoms with van der Waals surface area (Å²) in [5, 5.41) is 11.5. The van der Waals surface area contributed by atoms with E-state index in [1.54, 1.807) is 50.2 Å². The third-order valence-corrected chi connectivity index (χ3v) is 7.71. The summed E-state index contributed by atoms with van der Waals surface area (Å²) in [7, 11) is -3.77. The van der Waals surface area contributed by atoms with Gasteiger partial charge in [0.25, 0.3) is 15.9 Å². The lowest BCUT2D eigenvalue weighted by atomic mass is 10.1. The number of benzene rings is 2. The van der Waals surface area contributed by atoms with Gasteiger partial charge in [0.2, 0.25) is 5.13 Å². The largest absolute Gasteiger partial charge is 0.352 e. The highest BCUT2D eigenvalue weighted by atomic mass is 35.5. The molecule has 3 aromatic rings. The molecule has 0 bridgehead atoms. The number of nitrogens with one attached hydrogen (secondary N) is 1. The Morgan fingerprint density at radius 1 is 1.16 bits per heavy atom. The van der Waals surface area contributed by atoms with E-state index < -0.39 is 10.0 Å². The van der Waals surface area contributed by atoms with E-state index in [9.17, 15) is 13.2 Å². The molecule has 0 aliphatic carbocycles.